The summed E-state index contributed by atoms with van der Waals surface area (Å²) in [5, 5.41) is 14.3. The minimum atomic E-state index is -0.696. The minimum absolute atomic E-state index is 0.564. The molecular formula is C20H23N5OS. The van der Waals surface area contributed by atoms with Crippen LogP contribution in [0, 0.1) is 13.8 Å². The molecule has 1 aromatic carbocycles. The van der Waals surface area contributed by atoms with Gasteiger partial charge in [-0.3, -0.25) is 4.90 Å². The van der Waals surface area contributed by atoms with E-state index in [1.54, 1.807) is 16.2 Å². The predicted molar refractivity (Wildman–Crippen MR) is 108 cm³/mol. The lowest BCUT2D eigenvalue weighted by molar-refractivity contribution is 0.0394. The molecule has 3 aromatic rings. The van der Waals surface area contributed by atoms with E-state index in [2.05, 4.69) is 42.3 Å². The van der Waals surface area contributed by atoms with E-state index in [9.17, 15) is 5.11 Å². The third-order valence-corrected chi connectivity index (χ3v) is 5.77. The van der Waals surface area contributed by atoms with Crippen LogP contribution in [0.1, 0.15) is 32.8 Å². The van der Waals surface area contributed by atoms with Crippen LogP contribution in [0.5, 0.6) is 0 Å². The van der Waals surface area contributed by atoms with Crippen molar-refractivity contribution in [3.8, 4) is 11.4 Å². The highest BCUT2D eigenvalue weighted by molar-refractivity contribution is 7.12. The molecule has 2 N–H and O–H groups in total. The first-order valence-corrected chi connectivity index (χ1v) is 9.78. The lowest BCUT2D eigenvalue weighted by atomic mass is 10.00. The van der Waals surface area contributed by atoms with E-state index >= 15 is 0 Å². The summed E-state index contributed by atoms with van der Waals surface area (Å²) in [5.41, 5.74) is 6.21. The highest BCUT2D eigenvalue weighted by Gasteiger charge is 2.26. The molecule has 0 bridgehead atoms. The highest BCUT2D eigenvalue weighted by Crippen LogP contribution is 2.37. The van der Waals surface area contributed by atoms with Gasteiger partial charge in [0.05, 0.1) is 5.69 Å². The number of benzene rings is 1. The normalized spacial score (nSPS) is 14.0. The van der Waals surface area contributed by atoms with Crippen molar-refractivity contribution in [2.24, 2.45) is 0 Å². The third kappa shape index (κ3) is 3.58. The Kier molecular flexibility index (Phi) is 4.67. The number of nitrogens with one attached hydrogen (secondary N) is 1. The molecular weight excluding hydrogens is 358 g/mol. The average molecular weight is 382 g/mol. The van der Waals surface area contributed by atoms with Crippen molar-refractivity contribution in [1.82, 2.24) is 19.9 Å². The summed E-state index contributed by atoms with van der Waals surface area (Å²) in [4.78, 5) is 16.9. The van der Waals surface area contributed by atoms with E-state index in [1.807, 2.05) is 20.3 Å². The highest BCUT2D eigenvalue weighted by atomic mass is 32.1. The van der Waals surface area contributed by atoms with Gasteiger partial charge in [-0.15, -0.1) is 11.3 Å². The average Bonchev–Trinajstić information content (AvgIpc) is 3.04. The van der Waals surface area contributed by atoms with Gasteiger partial charge in [0.2, 0.25) is 5.95 Å². The molecule has 0 spiro atoms. The molecule has 0 saturated carbocycles. The smallest absolute Gasteiger partial charge is 0.227 e. The zero-order valence-corrected chi connectivity index (χ0v) is 16.8. The summed E-state index contributed by atoms with van der Waals surface area (Å²) in [6, 6.07) is 6.29. The van der Waals surface area contributed by atoms with Crippen LogP contribution in [0.2, 0.25) is 0 Å². The Morgan fingerprint density at radius 3 is 2.52 bits per heavy atom. The molecule has 2 aromatic heterocycles. The SMILES string of the molecule is Cc1cc(C)cc(Nc2ncc3c(n2)-c2nc(C(O)N(C)C)sc2CC3)c1. The molecule has 0 aliphatic heterocycles. The van der Waals surface area contributed by atoms with Crippen LogP contribution in [-0.4, -0.2) is 39.1 Å². The zero-order chi connectivity index (χ0) is 19.1. The second-order valence-corrected chi connectivity index (χ2v) is 8.35. The van der Waals surface area contributed by atoms with E-state index in [1.165, 1.54) is 16.0 Å². The number of aryl methyl sites for hydroxylation is 4. The van der Waals surface area contributed by atoms with Gasteiger partial charge in [0, 0.05) is 16.8 Å². The number of anilines is 2. The van der Waals surface area contributed by atoms with E-state index < -0.39 is 6.23 Å². The standard InChI is InChI=1S/C20H23N5OS/c1-11-7-12(2)9-14(8-11)22-20-21-10-13-5-6-15-17(16(13)24-20)23-18(27-15)19(26)25(3)4/h7-10,19,26H,5-6H2,1-4H3,(H,21,22,24). The van der Waals surface area contributed by atoms with Gasteiger partial charge in [-0.2, -0.15) is 0 Å². The molecule has 7 heteroatoms. The molecule has 1 atom stereocenters. The second-order valence-electron chi connectivity index (χ2n) is 7.23. The molecule has 140 valence electrons. The number of aliphatic hydroxyl groups excluding tert-OH is 1. The van der Waals surface area contributed by atoms with Crippen molar-refractivity contribution >= 4 is 23.0 Å². The number of aliphatic hydroxyl groups is 1. The van der Waals surface area contributed by atoms with Gasteiger partial charge in [0.1, 0.15) is 10.7 Å². The molecule has 27 heavy (non-hydrogen) atoms. The van der Waals surface area contributed by atoms with Gasteiger partial charge >= 0.3 is 0 Å². The maximum absolute atomic E-state index is 10.3. The Balaban J connectivity index is 1.69. The number of thiazole rings is 1. The Hall–Kier alpha value is -2.35. The summed E-state index contributed by atoms with van der Waals surface area (Å²) in [6.45, 7) is 4.15. The van der Waals surface area contributed by atoms with Crippen LogP contribution in [0.4, 0.5) is 11.6 Å². The molecule has 4 rings (SSSR count). The van der Waals surface area contributed by atoms with Crippen LogP contribution >= 0.6 is 11.3 Å². The van der Waals surface area contributed by atoms with Gasteiger partial charge in [0.15, 0.2) is 6.23 Å². The van der Waals surface area contributed by atoms with Gasteiger partial charge < -0.3 is 10.4 Å². The van der Waals surface area contributed by atoms with E-state index in [0.29, 0.717) is 11.0 Å². The van der Waals surface area contributed by atoms with Crippen molar-refractivity contribution in [1.29, 1.82) is 0 Å². The minimum Gasteiger partial charge on any atom is -0.372 e. The Bertz CT molecular complexity index is 978. The van der Waals surface area contributed by atoms with Crippen LogP contribution < -0.4 is 5.32 Å². The van der Waals surface area contributed by atoms with E-state index in [0.717, 1.165) is 35.5 Å². The first-order valence-electron chi connectivity index (χ1n) is 8.96. The fraction of sp³-hybridized carbons (Fsp3) is 0.350. The quantitative estimate of drug-likeness (QED) is 0.673. The van der Waals surface area contributed by atoms with E-state index in [-0.39, 0.29) is 0 Å². The van der Waals surface area contributed by atoms with Crippen LogP contribution in [-0.2, 0) is 12.8 Å². The number of rotatable bonds is 4. The van der Waals surface area contributed by atoms with Crippen molar-refractivity contribution < 1.29 is 5.11 Å². The van der Waals surface area contributed by atoms with Crippen LogP contribution in [0.3, 0.4) is 0 Å². The summed E-state index contributed by atoms with van der Waals surface area (Å²) in [5.74, 6) is 0.564. The molecule has 0 saturated heterocycles. The fourth-order valence-electron chi connectivity index (χ4n) is 3.33. The third-order valence-electron chi connectivity index (χ3n) is 4.61. The molecule has 1 unspecified atom stereocenters. The number of nitrogens with zero attached hydrogens (tertiary/aromatic N) is 4. The van der Waals surface area contributed by atoms with Crippen molar-refractivity contribution in [3.63, 3.8) is 0 Å². The molecule has 1 aliphatic rings. The number of hydrogen-bond acceptors (Lipinski definition) is 7. The first kappa shape index (κ1) is 18.0. The first-order chi connectivity index (χ1) is 12.9. The van der Waals surface area contributed by atoms with Crippen LogP contribution in [0.15, 0.2) is 24.4 Å². The van der Waals surface area contributed by atoms with Crippen molar-refractivity contribution in [3.05, 3.63) is 51.0 Å². The van der Waals surface area contributed by atoms with Crippen LogP contribution in [0.25, 0.3) is 11.4 Å². The maximum Gasteiger partial charge on any atom is 0.227 e. The van der Waals surface area contributed by atoms with Gasteiger partial charge in [-0.25, -0.2) is 15.0 Å². The molecule has 0 amide bonds. The monoisotopic (exact) mass is 381 g/mol. The Morgan fingerprint density at radius 1 is 1.07 bits per heavy atom. The van der Waals surface area contributed by atoms with Gasteiger partial charge in [-0.05, 0) is 69.6 Å². The topological polar surface area (TPSA) is 74.2 Å². The van der Waals surface area contributed by atoms with Crippen molar-refractivity contribution in [2.75, 3.05) is 19.4 Å². The second kappa shape index (κ2) is 6.99. The molecule has 1 aliphatic carbocycles. The number of aromatic nitrogens is 3. The largest absolute Gasteiger partial charge is 0.372 e. The molecule has 2 heterocycles. The van der Waals surface area contributed by atoms with Gasteiger partial charge in [0.25, 0.3) is 0 Å². The molecule has 0 fully saturated rings. The van der Waals surface area contributed by atoms with Crippen molar-refractivity contribution in [2.45, 2.75) is 32.9 Å². The summed E-state index contributed by atoms with van der Waals surface area (Å²) in [6.07, 6.45) is 3.00. The fourth-order valence-corrected chi connectivity index (χ4v) is 4.48. The number of fused-ring (bicyclic) bond motifs is 3. The molecule has 0 radical (unpaired) electrons. The summed E-state index contributed by atoms with van der Waals surface area (Å²) in [7, 11) is 3.68. The predicted octanol–water partition coefficient (Wildman–Crippen LogP) is 3.61. The Morgan fingerprint density at radius 2 is 1.81 bits per heavy atom. The van der Waals surface area contributed by atoms with E-state index in [4.69, 9.17) is 9.97 Å². The molecule has 6 nitrogen and oxygen atoms in total. The zero-order valence-electron chi connectivity index (χ0n) is 15.9. The maximum atomic E-state index is 10.3. The summed E-state index contributed by atoms with van der Waals surface area (Å²) >= 11 is 1.57. The van der Waals surface area contributed by atoms with Gasteiger partial charge in [-0.1, -0.05) is 6.07 Å². The number of hydrogen-bond donors (Lipinski definition) is 2. The Labute approximate surface area is 162 Å². The summed E-state index contributed by atoms with van der Waals surface area (Å²) < 4.78 is 0. The lowest BCUT2D eigenvalue weighted by Gasteiger charge is -2.15. The lowest BCUT2D eigenvalue weighted by Crippen LogP contribution is -2.18.